The summed E-state index contributed by atoms with van der Waals surface area (Å²) >= 11 is 20.8. The molecule has 0 aliphatic carbocycles. The molecule has 20 N–H and O–H groups in total. The van der Waals surface area contributed by atoms with E-state index in [4.69, 9.17) is 88.9 Å². The van der Waals surface area contributed by atoms with Crippen molar-refractivity contribution in [2.24, 2.45) is 29.2 Å². The first-order chi connectivity index (χ1) is 59.0. The fraction of sp³-hybridized carbons (Fsp3) is 0.477. The molecule has 8 aliphatic heterocycles. The number of hydrogen-bond donors (Lipinski definition) is 18. The molecule has 8 aliphatic rings. The zero-order valence-corrected chi connectivity index (χ0v) is 70.9. The first-order valence-corrected chi connectivity index (χ1v) is 41.5. The Morgan fingerprint density at radius 3 is 1.92 bits per heavy atom. The number of carbonyl (C=O) groups excluding carboxylic acids is 7. The molecule has 11 bridgehead atoms. The number of fused-ring (bicyclic) bond motifs is 15. The number of halogens is 3. The third-order valence-corrected chi connectivity index (χ3v) is 24.1. The molecule has 6 aromatic carbocycles. The Balaban J connectivity index is 1.08. The van der Waals surface area contributed by atoms with Crippen molar-refractivity contribution >= 4 is 87.8 Å². The minimum atomic E-state index is -2.30. The van der Waals surface area contributed by atoms with Crippen LogP contribution in [-0.4, -0.2) is 219 Å². The summed E-state index contributed by atoms with van der Waals surface area (Å²) in [7, 11) is 0. The number of phenols is 3. The van der Waals surface area contributed by atoms with Gasteiger partial charge in [-0.1, -0.05) is 85.9 Å². The fourth-order valence-corrected chi connectivity index (χ4v) is 17.0. The number of nitrogens with one attached hydrogen (secondary N) is 5. The molecule has 0 saturated carbocycles. The average Bonchev–Trinajstić information content (AvgIpc) is 0.762. The maximum absolute atomic E-state index is 16.7. The van der Waals surface area contributed by atoms with Gasteiger partial charge in [-0.15, -0.1) is 0 Å². The van der Waals surface area contributed by atoms with Gasteiger partial charge in [0.25, 0.3) is 0 Å². The lowest BCUT2D eigenvalue weighted by molar-refractivity contribution is -0.334. The number of aromatic hydroxyl groups is 3. The third-order valence-electron chi connectivity index (χ3n) is 23.3. The minimum Gasteiger partial charge on any atom is -0.508 e. The number of Topliss-reactive ketones (excluding diaryl/α,β-unsaturated/α-hetero) is 2. The summed E-state index contributed by atoms with van der Waals surface area (Å²) in [6.45, 7) is 9.76. The van der Waals surface area contributed by atoms with E-state index in [-0.39, 0.29) is 59.2 Å². The van der Waals surface area contributed by atoms with Crippen LogP contribution in [0.15, 0.2) is 103 Å². The Morgan fingerprint density at radius 1 is 0.680 bits per heavy atom. The molecule has 0 radical (unpaired) electrons. The van der Waals surface area contributed by atoms with Crippen molar-refractivity contribution in [2.75, 3.05) is 13.2 Å². The first kappa shape index (κ1) is 94.2. The molecule has 14 rings (SSSR count). The number of aliphatic hydroxyl groups is 6. The second kappa shape index (κ2) is 39.1. The fourth-order valence-electron chi connectivity index (χ4n) is 16.5. The number of primary amides is 1. The number of aliphatic hydroxyl groups excluding tert-OH is 6. The second-order valence-electron chi connectivity index (χ2n) is 33.2. The molecule has 6 aromatic rings. The zero-order valence-electron chi connectivity index (χ0n) is 68.6. The Morgan fingerprint density at radius 2 is 1.31 bits per heavy atom. The Kier molecular flexibility index (Phi) is 29.5. The summed E-state index contributed by atoms with van der Waals surface area (Å²) in [6.07, 6.45) is -27.1. The van der Waals surface area contributed by atoms with Crippen LogP contribution in [-0.2, 0) is 78.2 Å². The number of ketones is 2. The van der Waals surface area contributed by atoms with Gasteiger partial charge < -0.3 is 137 Å². The molecule has 5 amide bonds. The smallest absolute Gasteiger partial charge is 0.334 e. The lowest BCUT2D eigenvalue weighted by Crippen LogP contribution is -2.66. The average molecular weight is 1800 g/mol. The van der Waals surface area contributed by atoms with Gasteiger partial charge in [-0.05, 0) is 141 Å². The van der Waals surface area contributed by atoms with Crippen LogP contribution in [0.25, 0.3) is 11.1 Å². The van der Waals surface area contributed by atoms with E-state index in [9.17, 15) is 75.3 Å². The van der Waals surface area contributed by atoms with Crippen LogP contribution in [0.5, 0.6) is 46.0 Å². The van der Waals surface area contributed by atoms with Crippen molar-refractivity contribution in [2.45, 2.75) is 227 Å². The van der Waals surface area contributed by atoms with Crippen molar-refractivity contribution in [3.63, 3.8) is 0 Å². The molecule has 674 valence electrons. The molecule has 3 fully saturated rings. The highest BCUT2D eigenvalue weighted by molar-refractivity contribution is 6.32. The number of carbonyl (C=O) groups is 9. The molecule has 19 unspecified atom stereocenters. The highest BCUT2D eigenvalue weighted by atomic mass is 35.5. The van der Waals surface area contributed by atoms with E-state index in [2.05, 4.69) is 26.6 Å². The summed E-state index contributed by atoms with van der Waals surface area (Å²) in [6, 6.07) is 12.0. The van der Waals surface area contributed by atoms with Crippen LogP contribution in [0.2, 0.25) is 15.1 Å². The number of benzene rings is 6. The maximum atomic E-state index is 16.7. The van der Waals surface area contributed by atoms with Gasteiger partial charge in [0.05, 0.1) is 59.5 Å². The van der Waals surface area contributed by atoms with Crippen molar-refractivity contribution in [3.8, 4) is 57.1 Å². The second-order valence-corrected chi connectivity index (χ2v) is 34.4. The van der Waals surface area contributed by atoms with Gasteiger partial charge in [0.15, 0.2) is 53.9 Å². The monoisotopic (exact) mass is 1800 g/mol. The number of rotatable bonds is 22. The lowest BCUT2D eigenvalue weighted by atomic mass is 9.84. The molecule has 0 aromatic heterocycles. The molecule has 23 atom stereocenters. The molecular weight excluding hydrogens is 1700 g/mol. The highest BCUT2D eigenvalue weighted by Crippen LogP contribution is 2.51. The van der Waals surface area contributed by atoms with Crippen LogP contribution >= 0.6 is 34.8 Å². The van der Waals surface area contributed by atoms with Crippen molar-refractivity contribution < 1.29 is 142 Å². The Labute approximate surface area is 730 Å². The van der Waals surface area contributed by atoms with Crippen molar-refractivity contribution in [3.05, 3.63) is 152 Å². The summed E-state index contributed by atoms with van der Waals surface area (Å²) in [5, 5.41) is 140. The van der Waals surface area contributed by atoms with Gasteiger partial charge in [0.2, 0.25) is 41.6 Å². The van der Waals surface area contributed by atoms with Gasteiger partial charge in [0, 0.05) is 83.4 Å². The highest BCUT2D eigenvalue weighted by Gasteiger charge is 2.53. The number of phenolic OH excluding ortho intramolecular Hbond substituents is 3. The van der Waals surface area contributed by atoms with E-state index in [1.54, 1.807) is 31.2 Å². The molecule has 3 saturated heterocycles. The Hall–Kier alpha value is -9.94. The van der Waals surface area contributed by atoms with E-state index < -0.39 is 292 Å². The number of hydrogen-bond acceptors (Lipinski definition) is 29. The summed E-state index contributed by atoms with van der Waals surface area (Å²) in [5.74, 6) is -21.1. The van der Waals surface area contributed by atoms with Gasteiger partial charge in [-0.25, -0.2) is 9.59 Å². The maximum Gasteiger partial charge on any atom is 0.334 e. The van der Waals surface area contributed by atoms with Crippen LogP contribution in [0.1, 0.15) is 157 Å². The minimum absolute atomic E-state index is 0.0509. The van der Waals surface area contributed by atoms with E-state index in [0.717, 1.165) is 48.5 Å². The first-order valence-electron chi connectivity index (χ1n) is 40.4. The summed E-state index contributed by atoms with van der Waals surface area (Å²) < 4.78 is 58.5. The van der Waals surface area contributed by atoms with Gasteiger partial charge >= 0.3 is 11.9 Å². The zero-order chi connectivity index (χ0) is 90.9. The normalized spacial score (nSPS) is 30.1. The van der Waals surface area contributed by atoms with Crippen LogP contribution in [0, 0.1) is 17.8 Å². The lowest BCUT2D eigenvalue weighted by Gasteiger charge is -2.48. The summed E-state index contributed by atoms with van der Waals surface area (Å²) in [4.78, 5) is 134. The number of carboxylic acid groups (broad SMARTS) is 2. The van der Waals surface area contributed by atoms with Crippen LogP contribution < -0.4 is 52.3 Å². The van der Waals surface area contributed by atoms with Crippen LogP contribution in [0.4, 0.5) is 0 Å². The number of ether oxygens (including phenoxy) is 9. The molecular formula is C86H100Cl3N7O29. The van der Waals surface area contributed by atoms with Crippen molar-refractivity contribution in [1.82, 2.24) is 26.6 Å². The Bertz CT molecular complexity index is 5070. The molecule has 39 heteroatoms. The predicted octanol–water partition coefficient (Wildman–Crippen LogP) is 5.71. The van der Waals surface area contributed by atoms with E-state index in [1.165, 1.54) is 58.0 Å². The van der Waals surface area contributed by atoms with Gasteiger partial charge in [-0.3, -0.25) is 33.6 Å². The number of aliphatic carboxylic acids is 2. The SMILES string of the molecule is CC[C@H](CC(C)C)C(=O)N[C@@H]1C(=O)CC(CC(N)=O)C(=O)NC2C(=O)CC3C(=O)N[C@H](C(=O)NC(C(=O)O)c4cc(O)cc(O)c4-c4cc3ccc4O)[C@H](OC3CC(C)(N)C(O)C(C)O3)c3ccc(c(Cl)c3)Oc3cc2cc(c3OC2OC(CO)C(O)C(O)C2OC2CC(C)(NCC(OCc3ccc(Cl)cc3)C(=O)O)C(O)C(C)O2)Oc2ccc(cc2Cl)C1O. The molecule has 8 heterocycles. The van der Waals surface area contributed by atoms with E-state index in [0.29, 0.717) is 17.0 Å². The summed E-state index contributed by atoms with van der Waals surface area (Å²) in [5.41, 5.74) is 7.60. The quantitative estimate of drug-likeness (QED) is 0.0387. The third kappa shape index (κ3) is 21.2. The van der Waals surface area contributed by atoms with Gasteiger partial charge in [0.1, 0.15) is 77.4 Å². The topological polar surface area (TPSA) is 571 Å². The van der Waals surface area contributed by atoms with E-state index in [1.807, 2.05) is 13.8 Å². The number of amides is 5. The van der Waals surface area contributed by atoms with E-state index >= 15 is 24.0 Å². The molecule has 36 nitrogen and oxygen atoms in total. The number of nitrogens with two attached hydrogens (primary N) is 2. The predicted molar refractivity (Wildman–Crippen MR) is 441 cm³/mol. The van der Waals surface area contributed by atoms with Gasteiger partial charge in [-0.2, -0.15) is 0 Å². The van der Waals surface area contributed by atoms with Crippen LogP contribution in [0.3, 0.4) is 0 Å². The largest absolute Gasteiger partial charge is 0.508 e. The van der Waals surface area contributed by atoms with Crippen molar-refractivity contribution in [1.29, 1.82) is 0 Å². The standard InChI is InChI=1S/C86H100Cl3N7O29/c1-8-39(19-35(2)3)78(109)95-68-54(101)23-44(26-62(90)103)79(110)93-66-43-24-58(120-56-17-12-41(70(68)104)21-50(56)88)74(125-84-75(72(106)71(105)61(33-97)122-84)124-64-31-86(7,77(108)37(5)119-64)92-32-60(82(113)114)117-34-38-9-14-45(87)15-10-38)59(25-43)121-57-18-13-42(22-51(57)89)73(123-63-30-85(6,91)76(107)36(4)118-63)69-81(112)94-67(83(115)116)49-27-46(98)28-53(100)65(49)48-20-40(11-16-52(48)99)47(29-55(66)102)80(111)96-69/h9-18,20-22,24-25,27-28,35-37,39,44,47,60-61,63-64,66-73,75-77,84,92,97-100,104-108H,8,19,23,26,29-34,91H2,1-7H3,(H2,90,103)(H,93,110)(H,94,112)(H,95,109)(H,96,111)(H,113,114)(H,115,116)/t36?,37?,39-,44?,47?,60?,61?,63?,64?,66?,67?,68-,69+,70?,71?,72?,73-,75?,76?,77?,84?,85?,86?/m1/s1. The molecule has 0 spiro atoms. The molecule has 125 heavy (non-hydrogen) atoms. The number of carboxylic acids is 2.